The van der Waals surface area contributed by atoms with E-state index in [1.54, 1.807) is 4.90 Å². The summed E-state index contributed by atoms with van der Waals surface area (Å²) in [6.07, 6.45) is 0.672. The second kappa shape index (κ2) is 5.76. The van der Waals surface area contributed by atoms with Crippen molar-refractivity contribution < 1.29 is 9.53 Å². The van der Waals surface area contributed by atoms with E-state index in [9.17, 15) is 4.79 Å². The predicted octanol–water partition coefficient (Wildman–Crippen LogP) is 3.10. The molecular formula is C14H20N2O2. The van der Waals surface area contributed by atoms with Crippen LogP contribution in [0, 0.1) is 5.92 Å². The third-order valence-corrected chi connectivity index (χ3v) is 2.83. The first-order chi connectivity index (χ1) is 8.68. The van der Waals surface area contributed by atoms with Crippen LogP contribution in [0.3, 0.4) is 0 Å². The summed E-state index contributed by atoms with van der Waals surface area (Å²) in [6.45, 7) is 6.10. The lowest BCUT2D eigenvalue weighted by molar-refractivity contribution is 0.140. The maximum atomic E-state index is 12.1. The van der Waals surface area contributed by atoms with Crippen molar-refractivity contribution in [3.63, 3.8) is 0 Å². The van der Waals surface area contributed by atoms with Crippen LogP contribution in [0.15, 0.2) is 24.3 Å². The van der Waals surface area contributed by atoms with E-state index in [4.69, 9.17) is 4.74 Å². The van der Waals surface area contributed by atoms with Crippen LogP contribution in [0.4, 0.5) is 16.2 Å². The van der Waals surface area contributed by atoms with Gasteiger partial charge in [0, 0.05) is 13.1 Å². The van der Waals surface area contributed by atoms with E-state index < -0.39 is 0 Å². The van der Waals surface area contributed by atoms with E-state index in [1.807, 2.05) is 38.1 Å². The molecule has 1 aliphatic rings. The number of hydrogen-bond acceptors (Lipinski definition) is 3. The molecule has 0 unspecified atom stereocenters. The quantitative estimate of drug-likeness (QED) is 0.874. The number of anilines is 2. The van der Waals surface area contributed by atoms with Gasteiger partial charge < -0.3 is 10.1 Å². The van der Waals surface area contributed by atoms with Crippen LogP contribution in [0.5, 0.6) is 0 Å². The molecule has 0 aromatic heterocycles. The molecule has 1 amide bonds. The number of fused-ring (bicyclic) bond motifs is 1. The molecule has 2 rings (SSSR count). The van der Waals surface area contributed by atoms with Crippen LogP contribution in [0.2, 0.25) is 0 Å². The summed E-state index contributed by atoms with van der Waals surface area (Å²) in [7, 11) is 0. The lowest BCUT2D eigenvalue weighted by Crippen LogP contribution is -2.32. The Labute approximate surface area is 108 Å². The number of amides is 1. The highest BCUT2D eigenvalue weighted by molar-refractivity contribution is 5.92. The average Bonchev–Trinajstić information content (AvgIpc) is 2.58. The van der Waals surface area contributed by atoms with E-state index in [2.05, 4.69) is 5.32 Å². The predicted molar refractivity (Wildman–Crippen MR) is 73.1 cm³/mol. The fraction of sp³-hybridized carbons (Fsp3) is 0.500. The molecule has 1 heterocycles. The van der Waals surface area contributed by atoms with E-state index >= 15 is 0 Å². The Hall–Kier alpha value is -1.71. The molecule has 4 nitrogen and oxygen atoms in total. The fourth-order valence-corrected chi connectivity index (χ4v) is 1.94. The fourth-order valence-electron chi connectivity index (χ4n) is 1.94. The average molecular weight is 248 g/mol. The largest absolute Gasteiger partial charge is 0.449 e. The molecule has 0 bridgehead atoms. The Morgan fingerprint density at radius 2 is 2.22 bits per heavy atom. The number of benzene rings is 1. The zero-order valence-corrected chi connectivity index (χ0v) is 11.0. The number of rotatable bonds is 2. The summed E-state index contributed by atoms with van der Waals surface area (Å²) in [5, 5.41) is 3.33. The number of para-hydroxylation sites is 2. The van der Waals surface area contributed by atoms with Crippen molar-refractivity contribution in [1.29, 1.82) is 0 Å². The third-order valence-electron chi connectivity index (χ3n) is 2.83. The lowest BCUT2D eigenvalue weighted by Gasteiger charge is -2.22. The molecule has 1 aromatic carbocycles. The molecule has 0 spiro atoms. The van der Waals surface area contributed by atoms with Crippen LogP contribution in [-0.2, 0) is 4.74 Å². The molecule has 4 heteroatoms. The molecule has 0 fully saturated rings. The van der Waals surface area contributed by atoms with Crippen LogP contribution < -0.4 is 10.2 Å². The minimum Gasteiger partial charge on any atom is -0.449 e. The van der Waals surface area contributed by atoms with Crippen molar-refractivity contribution in [3.05, 3.63) is 24.3 Å². The van der Waals surface area contributed by atoms with Gasteiger partial charge in [-0.3, -0.25) is 4.90 Å². The molecule has 0 saturated heterocycles. The van der Waals surface area contributed by atoms with Gasteiger partial charge in [-0.05, 0) is 24.5 Å². The highest BCUT2D eigenvalue weighted by Crippen LogP contribution is 2.28. The molecular weight excluding hydrogens is 228 g/mol. The molecule has 0 atom stereocenters. The van der Waals surface area contributed by atoms with Crippen molar-refractivity contribution in [2.75, 3.05) is 29.9 Å². The number of ether oxygens (including phenoxy) is 1. The van der Waals surface area contributed by atoms with Crippen molar-refractivity contribution >= 4 is 17.5 Å². The van der Waals surface area contributed by atoms with E-state index in [-0.39, 0.29) is 6.09 Å². The van der Waals surface area contributed by atoms with E-state index in [0.29, 0.717) is 19.1 Å². The van der Waals surface area contributed by atoms with E-state index in [1.165, 1.54) is 0 Å². The highest BCUT2D eigenvalue weighted by Gasteiger charge is 2.21. The van der Waals surface area contributed by atoms with Gasteiger partial charge in [0.2, 0.25) is 0 Å². The third kappa shape index (κ3) is 2.94. The van der Waals surface area contributed by atoms with Gasteiger partial charge in [0.05, 0.1) is 18.0 Å². The first-order valence-corrected chi connectivity index (χ1v) is 6.45. The van der Waals surface area contributed by atoms with Gasteiger partial charge in [0.1, 0.15) is 0 Å². The lowest BCUT2D eigenvalue weighted by atomic mass is 10.2. The molecule has 0 radical (unpaired) electrons. The Balaban J connectivity index is 2.14. The Bertz CT molecular complexity index is 418. The summed E-state index contributed by atoms with van der Waals surface area (Å²) in [5.74, 6) is 0.356. The topological polar surface area (TPSA) is 41.6 Å². The molecule has 0 saturated carbocycles. The zero-order chi connectivity index (χ0) is 13.0. The van der Waals surface area contributed by atoms with Crippen molar-refractivity contribution in [3.8, 4) is 0 Å². The van der Waals surface area contributed by atoms with Crippen LogP contribution in [-0.4, -0.2) is 25.8 Å². The van der Waals surface area contributed by atoms with Crippen molar-refractivity contribution in [1.82, 2.24) is 0 Å². The Kier molecular flexibility index (Phi) is 4.07. The molecule has 1 aromatic rings. The van der Waals surface area contributed by atoms with Gasteiger partial charge in [-0.1, -0.05) is 26.0 Å². The second-order valence-corrected chi connectivity index (χ2v) is 4.92. The van der Waals surface area contributed by atoms with Gasteiger partial charge in [-0.2, -0.15) is 0 Å². The minimum absolute atomic E-state index is 0.250. The summed E-state index contributed by atoms with van der Waals surface area (Å²) >= 11 is 0. The summed E-state index contributed by atoms with van der Waals surface area (Å²) in [4.78, 5) is 13.8. The second-order valence-electron chi connectivity index (χ2n) is 4.92. The van der Waals surface area contributed by atoms with Crippen molar-refractivity contribution in [2.45, 2.75) is 20.3 Å². The SMILES string of the molecule is CC(C)COC(=O)N1CCCNc2ccccc21. The molecule has 1 aliphatic heterocycles. The molecule has 1 N–H and O–H groups in total. The minimum atomic E-state index is -0.250. The summed E-state index contributed by atoms with van der Waals surface area (Å²) in [6, 6.07) is 7.84. The van der Waals surface area contributed by atoms with Gasteiger partial charge in [0.15, 0.2) is 0 Å². The van der Waals surface area contributed by atoms with Gasteiger partial charge >= 0.3 is 6.09 Å². The molecule has 0 aliphatic carbocycles. The first kappa shape index (κ1) is 12.7. The van der Waals surface area contributed by atoms with Gasteiger partial charge in [-0.15, -0.1) is 0 Å². The smallest absolute Gasteiger partial charge is 0.414 e. The van der Waals surface area contributed by atoms with Crippen LogP contribution in [0.1, 0.15) is 20.3 Å². The number of hydrogen-bond donors (Lipinski definition) is 1. The van der Waals surface area contributed by atoms with Crippen LogP contribution >= 0.6 is 0 Å². The summed E-state index contributed by atoms with van der Waals surface area (Å²) < 4.78 is 5.31. The van der Waals surface area contributed by atoms with Crippen LogP contribution in [0.25, 0.3) is 0 Å². The highest BCUT2D eigenvalue weighted by atomic mass is 16.6. The molecule has 18 heavy (non-hydrogen) atoms. The monoisotopic (exact) mass is 248 g/mol. The Morgan fingerprint density at radius 3 is 3.00 bits per heavy atom. The number of carbonyl (C=O) groups is 1. The standard InChI is InChI=1S/C14H20N2O2/c1-11(2)10-18-14(17)16-9-5-8-15-12-6-3-4-7-13(12)16/h3-4,6-7,11,15H,5,8-10H2,1-2H3. The number of nitrogens with one attached hydrogen (secondary N) is 1. The van der Waals surface area contributed by atoms with Gasteiger partial charge in [-0.25, -0.2) is 4.79 Å². The van der Waals surface area contributed by atoms with E-state index in [0.717, 1.165) is 24.3 Å². The maximum absolute atomic E-state index is 12.1. The zero-order valence-electron chi connectivity index (χ0n) is 11.0. The maximum Gasteiger partial charge on any atom is 0.414 e. The van der Waals surface area contributed by atoms with Crippen molar-refractivity contribution in [2.24, 2.45) is 5.92 Å². The Morgan fingerprint density at radius 1 is 1.44 bits per heavy atom. The first-order valence-electron chi connectivity index (χ1n) is 6.45. The number of nitrogens with zero attached hydrogens (tertiary/aromatic N) is 1. The van der Waals surface area contributed by atoms with Gasteiger partial charge in [0.25, 0.3) is 0 Å². The normalized spacial score (nSPS) is 14.7. The number of carbonyl (C=O) groups excluding carboxylic acids is 1. The summed E-state index contributed by atoms with van der Waals surface area (Å²) in [5.41, 5.74) is 1.90. The molecule has 98 valence electrons.